The maximum Gasteiger partial charge on any atom is 0.261 e. The molecular formula is C20H25NO3. The Balaban J connectivity index is 1.78. The van der Waals surface area contributed by atoms with E-state index >= 15 is 0 Å². The van der Waals surface area contributed by atoms with Crippen LogP contribution in [0.1, 0.15) is 24.5 Å². The highest BCUT2D eigenvalue weighted by atomic mass is 16.5. The molecule has 0 aromatic heterocycles. The van der Waals surface area contributed by atoms with Gasteiger partial charge in [0.05, 0.1) is 6.54 Å². The highest BCUT2D eigenvalue weighted by molar-refractivity contribution is 5.81. The molecule has 128 valence electrons. The van der Waals surface area contributed by atoms with Gasteiger partial charge in [0.1, 0.15) is 18.1 Å². The Kier molecular flexibility index (Phi) is 6.67. The quantitative estimate of drug-likeness (QED) is 0.753. The average molecular weight is 327 g/mol. The molecule has 0 aliphatic carbocycles. The second-order valence-corrected chi connectivity index (χ2v) is 5.74. The van der Waals surface area contributed by atoms with Crippen molar-refractivity contribution in [1.29, 1.82) is 0 Å². The van der Waals surface area contributed by atoms with Crippen LogP contribution in [-0.2, 0) is 4.79 Å². The fourth-order valence-corrected chi connectivity index (χ4v) is 2.33. The van der Waals surface area contributed by atoms with Gasteiger partial charge in [-0.1, -0.05) is 37.3 Å². The van der Waals surface area contributed by atoms with Gasteiger partial charge in [0, 0.05) is 0 Å². The van der Waals surface area contributed by atoms with Gasteiger partial charge in [0.15, 0.2) is 6.10 Å². The van der Waals surface area contributed by atoms with E-state index in [1.54, 1.807) is 0 Å². The van der Waals surface area contributed by atoms with Crippen LogP contribution < -0.4 is 14.8 Å². The summed E-state index contributed by atoms with van der Waals surface area (Å²) >= 11 is 0. The fourth-order valence-electron chi connectivity index (χ4n) is 2.33. The van der Waals surface area contributed by atoms with Gasteiger partial charge in [0.25, 0.3) is 5.91 Å². The van der Waals surface area contributed by atoms with Crippen molar-refractivity contribution >= 4 is 5.91 Å². The third-order valence-electron chi connectivity index (χ3n) is 3.69. The van der Waals surface area contributed by atoms with Crippen molar-refractivity contribution < 1.29 is 14.3 Å². The molecule has 0 fully saturated rings. The van der Waals surface area contributed by atoms with Crippen LogP contribution in [0.3, 0.4) is 0 Å². The standard InChI is InChI=1S/C20H25NO3/c1-4-18(24-19-11-6-5-9-16(19)3)20(22)21-12-13-23-17-10-7-8-15(2)14-17/h5-11,14,18H,4,12-13H2,1-3H3,(H,21,22). The van der Waals surface area contributed by atoms with Gasteiger partial charge in [-0.2, -0.15) is 0 Å². The second-order valence-electron chi connectivity index (χ2n) is 5.74. The lowest BCUT2D eigenvalue weighted by atomic mass is 10.2. The summed E-state index contributed by atoms with van der Waals surface area (Å²) in [6.45, 7) is 6.79. The Morgan fingerprint density at radius 2 is 1.92 bits per heavy atom. The second kappa shape index (κ2) is 8.96. The molecule has 2 aromatic rings. The number of hydrogen-bond acceptors (Lipinski definition) is 3. The monoisotopic (exact) mass is 327 g/mol. The van der Waals surface area contributed by atoms with Crippen molar-refractivity contribution in [3.05, 3.63) is 59.7 Å². The van der Waals surface area contributed by atoms with Crippen LogP contribution in [0.25, 0.3) is 0 Å². The molecule has 0 saturated carbocycles. The number of carbonyl (C=O) groups is 1. The molecule has 1 N–H and O–H groups in total. The summed E-state index contributed by atoms with van der Waals surface area (Å²) in [6, 6.07) is 15.6. The summed E-state index contributed by atoms with van der Waals surface area (Å²) in [6.07, 6.45) is 0.115. The number of rotatable bonds is 8. The molecule has 1 atom stereocenters. The molecule has 0 aliphatic heterocycles. The minimum absolute atomic E-state index is 0.117. The van der Waals surface area contributed by atoms with Crippen LogP contribution in [0.15, 0.2) is 48.5 Å². The van der Waals surface area contributed by atoms with E-state index in [-0.39, 0.29) is 5.91 Å². The van der Waals surface area contributed by atoms with Crippen LogP contribution in [0.2, 0.25) is 0 Å². The van der Waals surface area contributed by atoms with Gasteiger partial charge in [-0.25, -0.2) is 0 Å². The molecule has 1 amide bonds. The van der Waals surface area contributed by atoms with E-state index in [1.807, 2.05) is 69.3 Å². The van der Waals surface area contributed by atoms with E-state index < -0.39 is 6.10 Å². The number of amides is 1. The minimum atomic E-state index is -0.495. The summed E-state index contributed by atoms with van der Waals surface area (Å²) in [5.74, 6) is 1.44. The molecule has 0 saturated heterocycles. The van der Waals surface area contributed by atoms with Crippen molar-refractivity contribution in [1.82, 2.24) is 5.32 Å². The molecule has 0 heterocycles. The van der Waals surface area contributed by atoms with E-state index in [0.717, 1.165) is 22.6 Å². The largest absolute Gasteiger partial charge is 0.492 e. The SMILES string of the molecule is CCC(Oc1ccccc1C)C(=O)NCCOc1cccc(C)c1. The highest BCUT2D eigenvalue weighted by Crippen LogP contribution is 2.18. The zero-order valence-electron chi connectivity index (χ0n) is 14.5. The lowest BCUT2D eigenvalue weighted by Crippen LogP contribution is -2.39. The first kappa shape index (κ1) is 17.9. The van der Waals surface area contributed by atoms with Crippen LogP contribution in [0.4, 0.5) is 0 Å². The lowest BCUT2D eigenvalue weighted by molar-refractivity contribution is -0.128. The molecule has 2 rings (SSSR count). The van der Waals surface area contributed by atoms with E-state index in [1.165, 1.54) is 0 Å². The zero-order chi connectivity index (χ0) is 17.4. The molecule has 2 aromatic carbocycles. The third-order valence-corrected chi connectivity index (χ3v) is 3.69. The topological polar surface area (TPSA) is 47.6 Å². The zero-order valence-corrected chi connectivity index (χ0v) is 14.5. The number of nitrogens with one attached hydrogen (secondary N) is 1. The molecule has 0 radical (unpaired) electrons. The van der Waals surface area contributed by atoms with Crippen LogP contribution in [0, 0.1) is 13.8 Å². The smallest absolute Gasteiger partial charge is 0.261 e. The Hall–Kier alpha value is -2.49. The van der Waals surface area contributed by atoms with Crippen LogP contribution in [-0.4, -0.2) is 25.2 Å². The van der Waals surface area contributed by atoms with Gasteiger partial charge in [-0.15, -0.1) is 0 Å². The predicted molar refractivity (Wildman–Crippen MR) is 95.6 cm³/mol. The van der Waals surface area contributed by atoms with Crippen molar-refractivity contribution in [2.24, 2.45) is 0 Å². The van der Waals surface area contributed by atoms with Crippen molar-refractivity contribution in [2.75, 3.05) is 13.2 Å². The van der Waals surface area contributed by atoms with Crippen LogP contribution in [0.5, 0.6) is 11.5 Å². The van der Waals surface area contributed by atoms with Crippen LogP contribution >= 0.6 is 0 Å². The Labute approximate surface area is 143 Å². The normalized spacial score (nSPS) is 11.6. The minimum Gasteiger partial charge on any atom is -0.492 e. The number of benzene rings is 2. The molecule has 0 aliphatic rings. The number of ether oxygens (including phenoxy) is 2. The summed E-state index contributed by atoms with van der Waals surface area (Å²) in [7, 11) is 0. The number of carbonyl (C=O) groups excluding carboxylic acids is 1. The molecule has 0 spiro atoms. The molecule has 4 nitrogen and oxygen atoms in total. The Morgan fingerprint density at radius 1 is 1.12 bits per heavy atom. The van der Waals surface area contributed by atoms with E-state index in [9.17, 15) is 4.79 Å². The van der Waals surface area contributed by atoms with E-state index in [0.29, 0.717) is 19.6 Å². The summed E-state index contributed by atoms with van der Waals surface area (Å²) in [4.78, 5) is 12.3. The summed E-state index contributed by atoms with van der Waals surface area (Å²) in [5, 5.41) is 2.87. The molecule has 1 unspecified atom stereocenters. The van der Waals surface area contributed by atoms with Crippen molar-refractivity contribution in [3.8, 4) is 11.5 Å². The van der Waals surface area contributed by atoms with E-state index in [4.69, 9.17) is 9.47 Å². The lowest BCUT2D eigenvalue weighted by Gasteiger charge is -2.18. The summed E-state index contributed by atoms with van der Waals surface area (Å²) in [5.41, 5.74) is 2.17. The maximum atomic E-state index is 12.3. The van der Waals surface area contributed by atoms with Gasteiger partial charge in [-0.05, 0) is 49.6 Å². The fraction of sp³-hybridized carbons (Fsp3) is 0.350. The number of hydrogen-bond donors (Lipinski definition) is 1. The predicted octanol–water partition coefficient (Wildman–Crippen LogP) is 3.66. The van der Waals surface area contributed by atoms with Gasteiger partial charge >= 0.3 is 0 Å². The first-order valence-electron chi connectivity index (χ1n) is 8.29. The van der Waals surface area contributed by atoms with E-state index in [2.05, 4.69) is 5.32 Å². The van der Waals surface area contributed by atoms with Crippen molar-refractivity contribution in [2.45, 2.75) is 33.3 Å². The molecule has 0 bridgehead atoms. The van der Waals surface area contributed by atoms with Gasteiger partial charge in [-0.3, -0.25) is 4.79 Å². The third kappa shape index (κ3) is 5.30. The maximum absolute atomic E-state index is 12.3. The molecule has 4 heteroatoms. The number of aryl methyl sites for hydroxylation is 2. The average Bonchev–Trinajstić information content (AvgIpc) is 2.58. The molecular weight excluding hydrogens is 302 g/mol. The first-order valence-corrected chi connectivity index (χ1v) is 8.29. The summed E-state index contributed by atoms with van der Waals surface area (Å²) < 4.78 is 11.5. The Bertz CT molecular complexity index is 669. The first-order chi connectivity index (χ1) is 11.6. The Morgan fingerprint density at radius 3 is 2.62 bits per heavy atom. The van der Waals surface area contributed by atoms with Crippen molar-refractivity contribution in [3.63, 3.8) is 0 Å². The number of para-hydroxylation sites is 1. The highest BCUT2D eigenvalue weighted by Gasteiger charge is 2.18. The molecule has 24 heavy (non-hydrogen) atoms. The van der Waals surface area contributed by atoms with Gasteiger partial charge < -0.3 is 14.8 Å². The van der Waals surface area contributed by atoms with Gasteiger partial charge in [0.2, 0.25) is 0 Å².